The third kappa shape index (κ3) is 3.07. The molecule has 3 atom stereocenters. The maximum absolute atomic E-state index is 13.6. The number of carbonyl (C=O) groups excluding carboxylic acids is 2. The normalized spacial score (nSPS) is 22.7. The molecule has 3 aromatic rings. The Hall–Kier alpha value is -3.64. The van der Waals surface area contributed by atoms with Crippen LogP contribution in [0.2, 0.25) is 0 Å². The number of rotatable bonds is 4. The third-order valence-corrected chi connectivity index (χ3v) is 5.96. The van der Waals surface area contributed by atoms with Gasteiger partial charge in [0, 0.05) is 0 Å². The molecule has 5 rings (SSSR count). The fourth-order valence-corrected chi connectivity index (χ4v) is 4.43. The Morgan fingerprint density at radius 1 is 0.806 bits per heavy atom. The molecule has 2 heterocycles. The number of carbonyl (C=O) groups is 2. The average molecular weight is 414 g/mol. The van der Waals surface area contributed by atoms with Crippen LogP contribution >= 0.6 is 0 Å². The van der Waals surface area contributed by atoms with Gasteiger partial charge in [0.05, 0.1) is 24.5 Å². The maximum atomic E-state index is 13.6. The van der Waals surface area contributed by atoms with E-state index < -0.39 is 18.1 Å². The number of methoxy groups -OCH3 is 1. The van der Waals surface area contributed by atoms with Crippen molar-refractivity contribution in [2.75, 3.05) is 17.1 Å². The lowest BCUT2D eigenvalue weighted by Gasteiger charge is -2.29. The number of imide groups is 1. The Bertz CT molecular complexity index is 1130. The summed E-state index contributed by atoms with van der Waals surface area (Å²) >= 11 is 0. The number of anilines is 2. The molecule has 0 radical (unpaired) electrons. The molecule has 2 aliphatic heterocycles. The van der Waals surface area contributed by atoms with Crippen LogP contribution in [0.1, 0.15) is 17.2 Å². The van der Waals surface area contributed by atoms with Crippen LogP contribution in [0.5, 0.6) is 5.75 Å². The number of hydrogen-bond acceptors (Lipinski definition) is 5. The number of ether oxygens (including phenoxy) is 1. The third-order valence-electron chi connectivity index (χ3n) is 5.96. The van der Waals surface area contributed by atoms with E-state index in [1.54, 1.807) is 36.4 Å². The van der Waals surface area contributed by atoms with Gasteiger partial charge in [-0.25, -0.2) is 9.96 Å². The molecule has 3 aromatic carbocycles. The first-order valence-corrected chi connectivity index (χ1v) is 10.2. The first kappa shape index (κ1) is 19.3. The quantitative estimate of drug-likeness (QED) is 0.603. The summed E-state index contributed by atoms with van der Waals surface area (Å²) in [6, 6.07) is 24.0. The van der Waals surface area contributed by atoms with Crippen LogP contribution in [0.15, 0.2) is 78.9 Å². The molecule has 31 heavy (non-hydrogen) atoms. The minimum atomic E-state index is -0.876. The number of hydroxylamine groups is 1. The number of fused-ring (bicyclic) bond motifs is 1. The highest BCUT2D eigenvalue weighted by atomic mass is 16.7. The standard InChI is InChI=1S/C25H22N2O4/c1-16-8-6-7-11-20(16)22-21-23(31-27(22)18-9-4-3-5-10-18)25(29)26(24(21)28)17-12-14-19(30-2)15-13-17/h3-15,21-23H,1-2H3/t21-,22+,23+/m1/s1. The van der Waals surface area contributed by atoms with Gasteiger partial charge >= 0.3 is 0 Å². The molecule has 2 aliphatic rings. The molecule has 2 fully saturated rings. The number of para-hydroxylation sites is 1. The van der Waals surface area contributed by atoms with Gasteiger partial charge in [0.2, 0.25) is 5.91 Å². The van der Waals surface area contributed by atoms with Crippen LogP contribution in [0.25, 0.3) is 0 Å². The van der Waals surface area contributed by atoms with E-state index in [4.69, 9.17) is 9.57 Å². The average Bonchev–Trinajstić information content (AvgIpc) is 3.31. The van der Waals surface area contributed by atoms with Crippen LogP contribution in [0.3, 0.4) is 0 Å². The lowest BCUT2D eigenvalue weighted by molar-refractivity contribution is -0.126. The predicted octanol–water partition coefficient (Wildman–Crippen LogP) is 4.05. The molecule has 0 spiro atoms. The van der Waals surface area contributed by atoms with E-state index in [1.807, 2.05) is 61.5 Å². The Kier molecular flexibility index (Phi) is 4.71. The summed E-state index contributed by atoms with van der Waals surface area (Å²) in [5, 5.41) is 1.72. The van der Waals surface area contributed by atoms with Gasteiger partial charge < -0.3 is 4.74 Å². The molecular weight excluding hydrogens is 392 g/mol. The predicted molar refractivity (Wildman–Crippen MR) is 117 cm³/mol. The monoisotopic (exact) mass is 414 g/mol. The second-order valence-electron chi connectivity index (χ2n) is 7.72. The molecule has 6 heteroatoms. The molecule has 2 amide bonds. The van der Waals surface area contributed by atoms with Crippen molar-refractivity contribution >= 4 is 23.2 Å². The highest BCUT2D eigenvalue weighted by molar-refractivity contribution is 6.23. The molecule has 2 saturated heterocycles. The Balaban J connectivity index is 1.58. The van der Waals surface area contributed by atoms with Crippen molar-refractivity contribution in [3.05, 3.63) is 90.0 Å². The van der Waals surface area contributed by atoms with Crippen LogP contribution in [0.4, 0.5) is 11.4 Å². The van der Waals surface area contributed by atoms with E-state index in [2.05, 4.69) is 0 Å². The fourth-order valence-electron chi connectivity index (χ4n) is 4.43. The van der Waals surface area contributed by atoms with Crippen molar-refractivity contribution in [1.82, 2.24) is 0 Å². The van der Waals surface area contributed by atoms with Crippen LogP contribution < -0.4 is 14.7 Å². The first-order valence-electron chi connectivity index (χ1n) is 10.2. The summed E-state index contributed by atoms with van der Waals surface area (Å²) in [5.74, 6) is -0.590. The summed E-state index contributed by atoms with van der Waals surface area (Å²) in [7, 11) is 1.57. The van der Waals surface area contributed by atoms with Gasteiger partial charge in [-0.05, 0) is 54.4 Å². The number of aryl methyl sites for hydroxylation is 1. The van der Waals surface area contributed by atoms with E-state index in [-0.39, 0.29) is 11.8 Å². The maximum Gasteiger partial charge on any atom is 0.266 e. The van der Waals surface area contributed by atoms with E-state index >= 15 is 0 Å². The summed E-state index contributed by atoms with van der Waals surface area (Å²) in [5.41, 5.74) is 3.34. The molecule has 0 aromatic heterocycles. The van der Waals surface area contributed by atoms with Crippen molar-refractivity contribution in [3.8, 4) is 5.75 Å². The van der Waals surface area contributed by atoms with Crippen molar-refractivity contribution in [3.63, 3.8) is 0 Å². The SMILES string of the molecule is COc1ccc(N2C(=O)[C@H]3[C@H](ON(c4ccccc4)[C@H]3c3ccccc3C)C2=O)cc1. The Morgan fingerprint density at radius 3 is 2.16 bits per heavy atom. The second-order valence-corrected chi connectivity index (χ2v) is 7.72. The van der Waals surface area contributed by atoms with E-state index in [0.717, 1.165) is 16.8 Å². The number of benzene rings is 3. The highest BCUT2D eigenvalue weighted by Gasteiger charge is 2.60. The minimum Gasteiger partial charge on any atom is -0.497 e. The second kappa shape index (κ2) is 7.56. The van der Waals surface area contributed by atoms with E-state index in [9.17, 15) is 9.59 Å². The van der Waals surface area contributed by atoms with Crippen molar-refractivity contribution in [2.45, 2.75) is 19.1 Å². The number of amides is 2. The zero-order valence-corrected chi connectivity index (χ0v) is 17.3. The zero-order valence-electron chi connectivity index (χ0n) is 17.3. The van der Waals surface area contributed by atoms with Gasteiger partial charge in [-0.3, -0.25) is 14.4 Å². The van der Waals surface area contributed by atoms with Gasteiger partial charge in [0.15, 0.2) is 6.10 Å². The number of nitrogens with zero attached hydrogens (tertiary/aromatic N) is 2. The van der Waals surface area contributed by atoms with Crippen molar-refractivity contribution < 1.29 is 19.2 Å². The zero-order chi connectivity index (χ0) is 21.5. The molecule has 0 unspecified atom stereocenters. The summed E-state index contributed by atoms with van der Waals surface area (Å²) in [4.78, 5) is 34.3. The largest absolute Gasteiger partial charge is 0.497 e. The summed E-state index contributed by atoms with van der Waals surface area (Å²) < 4.78 is 5.19. The molecule has 0 aliphatic carbocycles. The van der Waals surface area contributed by atoms with Crippen molar-refractivity contribution in [2.24, 2.45) is 5.92 Å². The first-order chi connectivity index (χ1) is 15.1. The smallest absolute Gasteiger partial charge is 0.266 e. The summed E-state index contributed by atoms with van der Waals surface area (Å²) in [6.45, 7) is 2.01. The highest BCUT2D eigenvalue weighted by Crippen LogP contribution is 2.48. The fraction of sp³-hybridized carbons (Fsp3) is 0.200. The molecule has 0 saturated carbocycles. The Labute approximate surface area is 180 Å². The van der Waals surface area contributed by atoms with Crippen LogP contribution in [-0.2, 0) is 14.4 Å². The molecule has 0 bridgehead atoms. The summed E-state index contributed by atoms with van der Waals surface area (Å²) in [6.07, 6.45) is -0.876. The lowest BCUT2D eigenvalue weighted by atomic mass is 9.88. The number of hydrogen-bond donors (Lipinski definition) is 0. The molecule has 6 nitrogen and oxygen atoms in total. The lowest BCUT2D eigenvalue weighted by Crippen LogP contribution is -2.37. The van der Waals surface area contributed by atoms with Crippen LogP contribution in [-0.4, -0.2) is 25.0 Å². The topological polar surface area (TPSA) is 59.1 Å². The van der Waals surface area contributed by atoms with Gasteiger partial charge in [-0.15, -0.1) is 0 Å². The van der Waals surface area contributed by atoms with Gasteiger partial charge in [0.1, 0.15) is 11.7 Å². The van der Waals surface area contributed by atoms with Gasteiger partial charge in [-0.2, -0.15) is 0 Å². The van der Waals surface area contributed by atoms with E-state index in [0.29, 0.717) is 11.4 Å². The van der Waals surface area contributed by atoms with Crippen molar-refractivity contribution in [1.29, 1.82) is 0 Å². The van der Waals surface area contributed by atoms with E-state index in [1.165, 1.54) is 4.90 Å². The van der Waals surface area contributed by atoms with Crippen LogP contribution in [0, 0.1) is 12.8 Å². The molecule has 0 N–H and O–H groups in total. The van der Waals surface area contributed by atoms with Gasteiger partial charge in [0.25, 0.3) is 5.91 Å². The van der Waals surface area contributed by atoms with Gasteiger partial charge in [-0.1, -0.05) is 42.5 Å². The molecule has 156 valence electrons. The minimum absolute atomic E-state index is 0.258. The molecular formula is C25H22N2O4. The Morgan fingerprint density at radius 2 is 1.48 bits per heavy atom.